The van der Waals surface area contributed by atoms with Gasteiger partial charge in [0, 0.05) is 22.6 Å². The second kappa shape index (κ2) is 8.31. The van der Waals surface area contributed by atoms with Crippen LogP contribution >= 0.6 is 27.5 Å². The Morgan fingerprint density at radius 1 is 1.20 bits per heavy atom. The van der Waals surface area contributed by atoms with E-state index in [0.29, 0.717) is 10.2 Å². The van der Waals surface area contributed by atoms with Crippen LogP contribution in [0.3, 0.4) is 0 Å². The minimum atomic E-state index is -3.75. The number of carbonyl (C=O) groups is 1. The summed E-state index contributed by atoms with van der Waals surface area (Å²) in [4.78, 5) is 11.8. The fraction of sp³-hybridized carbons (Fsp3) is 0.235. The molecule has 0 fully saturated rings. The van der Waals surface area contributed by atoms with E-state index in [4.69, 9.17) is 11.6 Å². The molecule has 0 aliphatic carbocycles. The average Bonchev–Trinajstić information content (AvgIpc) is 2.53. The molecule has 0 aliphatic heterocycles. The predicted molar refractivity (Wildman–Crippen MR) is 103 cm³/mol. The summed E-state index contributed by atoms with van der Waals surface area (Å²) in [7, 11) is -3.75. The molecule has 8 heteroatoms. The molecular formula is C17H18BrClN2O3S. The van der Waals surface area contributed by atoms with Crippen LogP contribution in [-0.4, -0.2) is 14.3 Å². The smallest absolute Gasteiger partial charge is 0.242 e. The lowest BCUT2D eigenvalue weighted by Gasteiger charge is -2.11. The molecule has 2 aromatic carbocycles. The van der Waals surface area contributed by atoms with E-state index in [1.165, 1.54) is 12.1 Å². The molecule has 0 saturated carbocycles. The Kier molecular flexibility index (Phi) is 6.62. The Bertz CT molecular complexity index is 885. The molecule has 2 aromatic rings. The SMILES string of the molecule is CC(C)C(=O)Nc1cccc(CNS(=O)(=O)c2ccc(Br)cc2Cl)c1. The Hall–Kier alpha value is -1.41. The molecular weight excluding hydrogens is 428 g/mol. The fourth-order valence-electron chi connectivity index (χ4n) is 1.99. The summed E-state index contributed by atoms with van der Waals surface area (Å²) in [5.41, 5.74) is 1.34. The molecule has 0 aliphatic rings. The summed E-state index contributed by atoms with van der Waals surface area (Å²) in [6, 6.07) is 11.6. The van der Waals surface area contributed by atoms with Gasteiger partial charge in [-0.2, -0.15) is 0 Å². The van der Waals surface area contributed by atoms with Gasteiger partial charge in [-0.05, 0) is 35.9 Å². The highest BCUT2D eigenvalue weighted by Crippen LogP contribution is 2.25. The number of rotatable bonds is 6. The van der Waals surface area contributed by atoms with Crippen LogP contribution < -0.4 is 10.0 Å². The van der Waals surface area contributed by atoms with Gasteiger partial charge in [-0.25, -0.2) is 13.1 Å². The number of benzene rings is 2. The number of carbonyl (C=O) groups excluding carboxylic acids is 1. The Labute approximate surface area is 161 Å². The van der Waals surface area contributed by atoms with Gasteiger partial charge in [0.15, 0.2) is 0 Å². The van der Waals surface area contributed by atoms with Crippen molar-refractivity contribution in [3.8, 4) is 0 Å². The van der Waals surface area contributed by atoms with E-state index in [0.717, 1.165) is 5.56 Å². The normalized spacial score (nSPS) is 11.6. The molecule has 0 radical (unpaired) electrons. The quantitative estimate of drug-likeness (QED) is 0.700. The molecule has 0 unspecified atom stereocenters. The summed E-state index contributed by atoms with van der Waals surface area (Å²) >= 11 is 9.25. The van der Waals surface area contributed by atoms with Gasteiger partial charge in [0.1, 0.15) is 4.90 Å². The van der Waals surface area contributed by atoms with Crippen LogP contribution in [-0.2, 0) is 21.4 Å². The third-order valence-corrected chi connectivity index (χ3v) is 5.75. The highest BCUT2D eigenvalue weighted by molar-refractivity contribution is 9.10. The third kappa shape index (κ3) is 5.54. The lowest BCUT2D eigenvalue weighted by atomic mass is 10.1. The number of hydrogen-bond acceptors (Lipinski definition) is 3. The van der Waals surface area contributed by atoms with Crippen molar-refractivity contribution in [1.29, 1.82) is 0 Å². The molecule has 25 heavy (non-hydrogen) atoms. The van der Waals surface area contributed by atoms with Gasteiger partial charge in [-0.1, -0.05) is 53.5 Å². The Morgan fingerprint density at radius 2 is 1.92 bits per heavy atom. The lowest BCUT2D eigenvalue weighted by molar-refractivity contribution is -0.118. The number of anilines is 1. The van der Waals surface area contributed by atoms with Crippen molar-refractivity contribution in [1.82, 2.24) is 4.72 Å². The van der Waals surface area contributed by atoms with Gasteiger partial charge < -0.3 is 5.32 Å². The summed E-state index contributed by atoms with van der Waals surface area (Å²) < 4.78 is 28.0. The van der Waals surface area contributed by atoms with Gasteiger partial charge in [-0.15, -0.1) is 0 Å². The Balaban J connectivity index is 2.11. The molecule has 0 aromatic heterocycles. The highest BCUT2D eigenvalue weighted by Gasteiger charge is 2.18. The van der Waals surface area contributed by atoms with Crippen LogP contribution in [0.2, 0.25) is 5.02 Å². The molecule has 0 bridgehead atoms. The van der Waals surface area contributed by atoms with Crippen LogP contribution in [0.5, 0.6) is 0 Å². The van der Waals surface area contributed by atoms with E-state index in [9.17, 15) is 13.2 Å². The third-order valence-electron chi connectivity index (χ3n) is 3.37. The maximum Gasteiger partial charge on any atom is 0.242 e. The van der Waals surface area contributed by atoms with E-state index >= 15 is 0 Å². The first-order valence-corrected chi connectivity index (χ1v) is 10.2. The first-order chi connectivity index (χ1) is 11.7. The van der Waals surface area contributed by atoms with Crippen molar-refractivity contribution < 1.29 is 13.2 Å². The summed E-state index contributed by atoms with van der Waals surface area (Å²) in [5, 5.41) is 2.92. The van der Waals surface area contributed by atoms with Crippen LogP contribution in [0.4, 0.5) is 5.69 Å². The second-order valence-electron chi connectivity index (χ2n) is 5.74. The Morgan fingerprint density at radius 3 is 2.56 bits per heavy atom. The van der Waals surface area contributed by atoms with Gasteiger partial charge in [0.05, 0.1) is 5.02 Å². The molecule has 2 N–H and O–H groups in total. The largest absolute Gasteiger partial charge is 0.326 e. The zero-order valence-corrected chi connectivity index (χ0v) is 16.9. The van der Waals surface area contributed by atoms with Gasteiger partial charge in [0.2, 0.25) is 15.9 Å². The molecule has 1 amide bonds. The fourth-order valence-corrected chi connectivity index (χ4v) is 4.05. The first-order valence-electron chi connectivity index (χ1n) is 7.53. The average molecular weight is 446 g/mol. The van der Waals surface area contributed by atoms with Crippen molar-refractivity contribution in [2.45, 2.75) is 25.3 Å². The van der Waals surface area contributed by atoms with Crippen molar-refractivity contribution in [2.24, 2.45) is 5.92 Å². The van der Waals surface area contributed by atoms with E-state index in [-0.39, 0.29) is 28.3 Å². The lowest BCUT2D eigenvalue weighted by Crippen LogP contribution is -2.23. The molecule has 0 spiro atoms. The minimum absolute atomic E-state index is 0.0154. The number of sulfonamides is 1. The summed E-state index contributed by atoms with van der Waals surface area (Å²) in [6.07, 6.45) is 0. The van der Waals surface area contributed by atoms with Crippen LogP contribution in [0.15, 0.2) is 51.8 Å². The van der Waals surface area contributed by atoms with Crippen molar-refractivity contribution in [2.75, 3.05) is 5.32 Å². The predicted octanol–water partition coefficient (Wildman–Crippen LogP) is 4.18. The van der Waals surface area contributed by atoms with E-state index in [1.807, 2.05) is 0 Å². The molecule has 0 atom stereocenters. The van der Waals surface area contributed by atoms with Crippen LogP contribution in [0.1, 0.15) is 19.4 Å². The van der Waals surface area contributed by atoms with Crippen LogP contribution in [0.25, 0.3) is 0 Å². The van der Waals surface area contributed by atoms with Crippen LogP contribution in [0, 0.1) is 5.92 Å². The van der Waals surface area contributed by atoms with Gasteiger partial charge in [0.25, 0.3) is 0 Å². The van der Waals surface area contributed by atoms with E-state index < -0.39 is 10.0 Å². The summed E-state index contributed by atoms with van der Waals surface area (Å²) in [6.45, 7) is 3.69. The van der Waals surface area contributed by atoms with Crippen molar-refractivity contribution in [3.63, 3.8) is 0 Å². The maximum absolute atomic E-state index is 12.4. The zero-order valence-electron chi connectivity index (χ0n) is 13.7. The number of nitrogens with one attached hydrogen (secondary N) is 2. The molecule has 0 heterocycles. The molecule has 0 saturated heterocycles. The van der Waals surface area contributed by atoms with Crippen molar-refractivity contribution >= 4 is 49.1 Å². The second-order valence-corrected chi connectivity index (χ2v) is 8.80. The van der Waals surface area contributed by atoms with E-state index in [1.54, 1.807) is 44.2 Å². The number of amides is 1. The molecule has 134 valence electrons. The topological polar surface area (TPSA) is 75.3 Å². The number of hydrogen-bond donors (Lipinski definition) is 2. The van der Waals surface area contributed by atoms with Gasteiger partial charge >= 0.3 is 0 Å². The highest BCUT2D eigenvalue weighted by atomic mass is 79.9. The molecule has 2 rings (SSSR count). The van der Waals surface area contributed by atoms with E-state index in [2.05, 4.69) is 26.0 Å². The summed E-state index contributed by atoms with van der Waals surface area (Å²) in [5.74, 6) is -0.235. The maximum atomic E-state index is 12.4. The van der Waals surface area contributed by atoms with Gasteiger partial charge in [-0.3, -0.25) is 4.79 Å². The molecule has 5 nitrogen and oxygen atoms in total. The first kappa shape index (κ1) is 19.9. The minimum Gasteiger partial charge on any atom is -0.326 e. The number of halogens is 2. The monoisotopic (exact) mass is 444 g/mol. The standard InChI is InChI=1S/C17H18BrClN2O3S/c1-11(2)17(22)21-14-5-3-4-12(8-14)10-20-25(23,24)16-7-6-13(18)9-15(16)19/h3-9,11,20H,10H2,1-2H3,(H,21,22). The van der Waals surface area contributed by atoms with Crippen molar-refractivity contribution in [3.05, 3.63) is 57.5 Å². The zero-order chi connectivity index (χ0) is 18.6.